The first-order valence-corrected chi connectivity index (χ1v) is 7.13. The number of amides is 1. The summed E-state index contributed by atoms with van der Waals surface area (Å²) in [7, 11) is 0. The fourth-order valence-corrected chi connectivity index (χ4v) is 2.73. The van der Waals surface area contributed by atoms with Crippen molar-refractivity contribution in [2.45, 2.75) is 33.7 Å². The first kappa shape index (κ1) is 15.5. The fourth-order valence-electron chi connectivity index (χ4n) is 1.83. The van der Waals surface area contributed by atoms with E-state index in [0.29, 0.717) is 6.54 Å². The SMILES string of the molecule is CCc1ccc(CNC(=O)C(/C(N)=N/O)C(C)C)s1. The highest BCUT2D eigenvalue weighted by molar-refractivity contribution is 7.11. The van der Waals surface area contributed by atoms with Crippen LogP contribution in [-0.2, 0) is 17.8 Å². The second kappa shape index (κ2) is 7.13. The van der Waals surface area contributed by atoms with Crippen molar-refractivity contribution in [2.24, 2.45) is 22.7 Å². The molecule has 0 saturated heterocycles. The minimum atomic E-state index is -0.601. The van der Waals surface area contributed by atoms with Gasteiger partial charge in [-0.1, -0.05) is 25.9 Å². The number of amidine groups is 1. The van der Waals surface area contributed by atoms with Gasteiger partial charge in [-0.15, -0.1) is 11.3 Å². The molecule has 1 aromatic heterocycles. The molecule has 6 heteroatoms. The van der Waals surface area contributed by atoms with Crippen LogP contribution in [0.15, 0.2) is 17.3 Å². The molecular formula is C13H21N3O2S. The summed E-state index contributed by atoms with van der Waals surface area (Å²) in [5.74, 6) is -0.884. The molecule has 1 heterocycles. The van der Waals surface area contributed by atoms with Gasteiger partial charge in [-0.2, -0.15) is 0 Å². The summed E-state index contributed by atoms with van der Waals surface area (Å²) in [6, 6.07) is 4.08. The van der Waals surface area contributed by atoms with Crippen molar-refractivity contribution in [3.63, 3.8) is 0 Å². The van der Waals surface area contributed by atoms with Gasteiger partial charge in [0.2, 0.25) is 5.91 Å². The Balaban J connectivity index is 2.62. The monoisotopic (exact) mass is 283 g/mol. The molecule has 0 spiro atoms. The summed E-state index contributed by atoms with van der Waals surface area (Å²) in [5, 5.41) is 14.5. The van der Waals surface area contributed by atoms with E-state index in [9.17, 15) is 4.79 Å². The van der Waals surface area contributed by atoms with E-state index in [1.807, 2.05) is 19.9 Å². The lowest BCUT2D eigenvalue weighted by Crippen LogP contribution is -2.41. The number of hydrogen-bond acceptors (Lipinski definition) is 4. The average molecular weight is 283 g/mol. The summed E-state index contributed by atoms with van der Waals surface area (Å²) < 4.78 is 0. The highest BCUT2D eigenvalue weighted by Gasteiger charge is 2.26. The van der Waals surface area contributed by atoms with Gasteiger partial charge in [0.05, 0.1) is 6.54 Å². The lowest BCUT2D eigenvalue weighted by Gasteiger charge is -2.18. The zero-order chi connectivity index (χ0) is 14.4. The molecule has 0 aliphatic heterocycles. The van der Waals surface area contributed by atoms with Crippen molar-refractivity contribution in [3.05, 3.63) is 21.9 Å². The van der Waals surface area contributed by atoms with Gasteiger partial charge >= 0.3 is 0 Å². The summed E-state index contributed by atoms with van der Waals surface area (Å²) in [5.41, 5.74) is 5.56. The summed E-state index contributed by atoms with van der Waals surface area (Å²) in [6.07, 6.45) is 0.997. The third-order valence-electron chi connectivity index (χ3n) is 2.89. The number of hydrogen-bond donors (Lipinski definition) is 3. The van der Waals surface area contributed by atoms with Crippen molar-refractivity contribution in [3.8, 4) is 0 Å². The van der Waals surface area contributed by atoms with Crippen LogP contribution in [0.1, 0.15) is 30.5 Å². The van der Waals surface area contributed by atoms with E-state index < -0.39 is 5.92 Å². The Hall–Kier alpha value is -1.56. The molecule has 0 aromatic carbocycles. The highest BCUT2D eigenvalue weighted by atomic mass is 32.1. The Bertz CT molecular complexity index is 454. The van der Waals surface area contributed by atoms with E-state index in [-0.39, 0.29) is 17.7 Å². The standard InChI is InChI=1S/C13H21N3O2S/c1-4-9-5-6-10(19-9)7-15-13(17)11(8(2)3)12(14)16-18/h5-6,8,11,18H,4,7H2,1-3H3,(H2,14,16)(H,15,17). The maximum Gasteiger partial charge on any atom is 0.231 e. The van der Waals surface area contributed by atoms with Gasteiger partial charge < -0.3 is 16.3 Å². The predicted octanol–water partition coefficient (Wildman–Crippen LogP) is 1.95. The number of carbonyl (C=O) groups excluding carboxylic acids is 1. The number of thiophene rings is 1. The van der Waals surface area contributed by atoms with E-state index >= 15 is 0 Å². The molecule has 1 amide bonds. The molecular weight excluding hydrogens is 262 g/mol. The Morgan fingerprint density at radius 1 is 1.47 bits per heavy atom. The minimum Gasteiger partial charge on any atom is -0.409 e. The Kier molecular flexibility index (Phi) is 5.82. The number of nitrogens with one attached hydrogen (secondary N) is 1. The van der Waals surface area contributed by atoms with E-state index in [1.165, 1.54) is 4.88 Å². The van der Waals surface area contributed by atoms with Crippen LogP contribution in [0.25, 0.3) is 0 Å². The number of oxime groups is 1. The Morgan fingerprint density at radius 2 is 2.11 bits per heavy atom. The van der Waals surface area contributed by atoms with Crippen LogP contribution in [0.3, 0.4) is 0 Å². The third kappa shape index (κ3) is 4.24. The van der Waals surface area contributed by atoms with E-state index in [0.717, 1.165) is 11.3 Å². The number of aryl methyl sites for hydroxylation is 1. The van der Waals surface area contributed by atoms with Crippen LogP contribution in [0.2, 0.25) is 0 Å². The van der Waals surface area contributed by atoms with Crippen LogP contribution < -0.4 is 11.1 Å². The topological polar surface area (TPSA) is 87.7 Å². The quantitative estimate of drug-likeness (QED) is 0.323. The van der Waals surface area contributed by atoms with Crippen LogP contribution in [0.4, 0.5) is 0 Å². The van der Waals surface area contributed by atoms with Crippen molar-refractivity contribution in [1.82, 2.24) is 5.32 Å². The second-order valence-corrected chi connectivity index (χ2v) is 5.94. The van der Waals surface area contributed by atoms with Gasteiger partial charge in [-0.05, 0) is 24.5 Å². The predicted molar refractivity (Wildman–Crippen MR) is 77.3 cm³/mol. The molecule has 0 bridgehead atoms. The average Bonchev–Trinajstić information content (AvgIpc) is 2.83. The zero-order valence-electron chi connectivity index (χ0n) is 11.5. The van der Waals surface area contributed by atoms with Crippen LogP contribution in [0, 0.1) is 11.8 Å². The molecule has 106 valence electrons. The molecule has 0 saturated carbocycles. The molecule has 0 aliphatic carbocycles. The van der Waals surface area contributed by atoms with Crippen molar-refractivity contribution < 1.29 is 10.0 Å². The van der Waals surface area contributed by atoms with Crippen LogP contribution in [0.5, 0.6) is 0 Å². The maximum atomic E-state index is 12.1. The second-order valence-electron chi connectivity index (χ2n) is 4.69. The van der Waals surface area contributed by atoms with Crippen LogP contribution >= 0.6 is 11.3 Å². The smallest absolute Gasteiger partial charge is 0.231 e. The van der Waals surface area contributed by atoms with Gasteiger partial charge in [0, 0.05) is 9.75 Å². The largest absolute Gasteiger partial charge is 0.409 e. The summed E-state index contributed by atoms with van der Waals surface area (Å²) in [6.45, 7) is 6.30. The molecule has 0 radical (unpaired) electrons. The van der Waals surface area contributed by atoms with Gasteiger partial charge in [-0.3, -0.25) is 4.79 Å². The van der Waals surface area contributed by atoms with Crippen molar-refractivity contribution in [1.29, 1.82) is 0 Å². The lowest BCUT2D eigenvalue weighted by molar-refractivity contribution is -0.124. The first-order valence-electron chi connectivity index (χ1n) is 6.32. The molecule has 0 aliphatic rings. The van der Waals surface area contributed by atoms with Gasteiger partial charge in [0.15, 0.2) is 5.84 Å². The highest BCUT2D eigenvalue weighted by Crippen LogP contribution is 2.17. The maximum absolute atomic E-state index is 12.1. The molecule has 1 rings (SSSR count). The Labute approximate surface area is 117 Å². The number of nitrogens with two attached hydrogens (primary N) is 1. The molecule has 5 nitrogen and oxygen atoms in total. The number of carbonyl (C=O) groups is 1. The molecule has 1 aromatic rings. The Morgan fingerprint density at radius 3 is 2.58 bits per heavy atom. The van der Waals surface area contributed by atoms with E-state index in [4.69, 9.17) is 10.9 Å². The van der Waals surface area contributed by atoms with Gasteiger partial charge in [-0.25, -0.2) is 0 Å². The molecule has 1 unspecified atom stereocenters. The third-order valence-corrected chi connectivity index (χ3v) is 4.12. The lowest BCUT2D eigenvalue weighted by atomic mass is 9.94. The molecule has 4 N–H and O–H groups in total. The van der Waals surface area contributed by atoms with Gasteiger partial charge in [0.1, 0.15) is 5.92 Å². The zero-order valence-corrected chi connectivity index (χ0v) is 12.3. The number of rotatable bonds is 6. The minimum absolute atomic E-state index is 0.0227. The van der Waals surface area contributed by atoms with E-state index in [1.54, 1.807) is 11.3 Å². The van der Waals surface area contributed by atoms with Crippen LogP contribution in [-0.4, -0.2) is 17.0 Å². The normalized spacial score (nSPS) is 13.6. The van der Waals surface area contributed by atoms with Crippen molar-refractivity contribution >= 4 is 23.1 Å². The number of nitrogens with zero attached hydrogens (tertiary/aromatic N) is 1. The summed E-state index contributed by atoms with van der Waals surface area (Å²) in [4.78, 5) is 14.5. The summed E-state index contributed by atoms with van der Waals surface area (Å²) >= 11 is 1.68. The molecule has 19 heavy (non-hydrogen) atoms. The van der Waals surface area contributed by atoms with Crippen molar-refractivity contribution in [2.75, 3.05) is 0 Å². The van der Waals surface area contributed by atoms with Gasteiger partial charge in [0.25, 0.3) is 0 Å². The molecule has 1 atom stereocenters. The van der Waals surface area contributed by atoms with E-state index in [2.05, 4.69) is 23.5 Å². The molecule has 0 fully saturated rings. The fraction of sp³-hybridized carbons (Fsp3) is 0.538. The first-order chi connectivity index (χ1) is 8.99.